The van der Waals surface area contributed by atoms with Crippen LogP contribution in [0.5, 0.6) is 0 Å². The molecule has 1 fully saturated rings. The van der Waals surface area contributed by atoms with Crippen LogP contribution in [0.4, 0.5) is 5.69 Å². The standard InChI is InChI=1S/C21H23N7O2/c29-19(23-16-8-2-1-3-9-16)14-28-26-20(25-27-28)17-10-4-5-11-18(17)24-21(30)15-7-6-12-22-13-15/h4-7,10-13,16H,1-3,8-9,14H2,(H,23,29)(H,24,30). The van der Waals surface area contributed by atoms with Gasteiger partial charge in [-0.2, -0.15) is 4.80 Å². The predicted molar refractivity (Wildman–Crippen MR) is 110 cm³/mol. The zero-order valence-corrected chi connectivity index (χ0v) is 16.5. The number of nitrogens with one attached hydrogen (secondary N) is 2. The third-order valence-electron chi connectivity index (χ3n) is 5.05. The Morgan fingerprint density at radius 1 is 1.07 bits per heavy atom. The van der Waals surface area contributed by atoms with Crippen LogP contribution in [0.2, 0.25) is 0 Å². The molecule has 1 saturated carbocycles. The number of hydrogen-bond donors (Lipinski definition) is 2. The highest BCUT2D eigenvalue weighted by Crippen LogP contribution is 2.24. The summed E-state index contributed by atoms with van der Waals surface area (Å²) in [5, 5.41) is 18.3. The molecule has 4 rings (SSSR count). The molecule has 0 unspecified atom stereocenters. The van der Waals surface area contributed by atoms with Crippen molar-refractivity contribution in [2.24, 2.45) is 0 Å². The van der Waals surface area contributed by atoms with Gasteiger partial charge in [-0.3, -0.25) is 14.6 Å². The Hall–Kier alpha value is -3.62. The Kier molecular flexibility index (Phi) is 6.07. The van der Waals surface area contributed by atoms with E-state index >= 15 is 0 Å². The fraction of sp³-hybridized carbons (Fsp3) is 0.333. The van der Waals surface area contributed by atoms with Crippen molar-refractivity contribution >= 4 is 17.5 Å². The highest BCUT2D eigenvalue weighted by Gasteiger charge is 2.18. The van der Waals surface area contributed by atoms with Gasteiger partial charge in [-0.05, 0) is 42.3 Å². The molecule has 0 spiro atoms. The molecule has 0 saturated heterocycles. The van der Waals surface area contributed by atoms with Crippen molar-refractivity contribution < 1.29 is 9.59 Å². The first-order chi connectivity index (χ1) is 14.7. The third kappa shape index (κ3) is 4.86. The molecule has 9 nitrogen and oxygen atoms in total. The summed E-state index contributed by atoms with van der Waals surface area (Å²) in [6.45, 7) is 0.00765. The van der Waals surface area contributed by atoms with E-state index in [1.807, 2.05) is 12.1 Å². The molecule has 1 aliphatic rings. The van der Waals surface area contributed by atoms with Gasteiger partial charge in [0.2, 0.25) is 11.7 Å². The fourth-order valence-corrected chi connectivity index (χ4v) is 3.55. The predicted octanol–water partition coefficient (Wildman–Crippen LogP) is 2.44. The zero-order chi connectivity index (χ0) is 20.8. The summed E-state index contributed by atoms with van der Waals surface area (Å²) in [5.74, 6) is -0.0682. The summed E-state index contributed by atoms with van der Waals surface area (Å²) in [6.07, 6.45) is 8.68. The van der Waals surface area contributed by atoms with Gasteiger partial charge in [0.1, 0.15) is 6.54 Å². The normalized spacial score (nSPS) is 14.3. The molecule has 2 aromatic heterocycles. The molecule has 154 valence electrons. The van der Waals surface area contributed by atoms with E-state index < -0.39 is 0 Å². The third-order valence-corrected chi connectivity index (χ3v) is 5.05. The number of tetrazole rings is 1. The summed E-state index contributed by atoms with van der Waals surface area (Å²) in [4.78, 5) is 30.0. The molecule has 0 bridgehead atoms. The van der Waals surface area contributed by atoms with Gasteiger partial charge < -0.3 is 10.6 Å². The number of nitrogens with zero attached hydrogens (tertiary/aromatic N) is 5. The average Bonchev–Trinajstić information content (AvgIpc) is 3.23. The van der Waals surface area contributed by atoms with Crippen LogP contribution in [0.1, 0.15) is 42.5 Å². The van der Waals surface area contributed by atoms with Crippen LogP contribution >= 0.6 is 0 Å². The van der Waals surface area contributed by atoms with E-state index in [1.54, 1.807) is 30.5 Å². The zero-order valence-electron chi connectivity index (χ0n) is 16.5. The Labute approximate surface area is 173 Å². The van der Waals surface area contributed by atoms with Crippen LogP contribution in [-0.4, -0.2) is 43.0 Å². The Morgan fingerprint density at radius 2 is 1.90 bits per heavy atom. The number of aromatic nitrogens is 5. The second kappa shape index (κ2) is 9.25. The Balaban J connectivity index is 1.44. The van der Waals surface area contributed by atoms with E-state index in [1.165, 1.54) is 17.4 Å². The van der Waals surface area contributed by atoms with Crippen LogP contribution in [0, 0.1) is 0 Å². The van der Waals surface area contributed by atoms with Gasteiger partial charge in [0.15, 0.2) is 0 Å². The van der Waals surface area contributed by atoms with Crippen molar-refractivity contribution in [2.45, 2.75) is 44.7 Å². The smallest absolute Gasteiger partial charge is 0.257 e. The minimum atomic E-state index is -0.283. The molecule has 1 aliphatic carbocycles. The monoisotopic (exact) mass is 405 g/mol. The molecule has 1 aromatic carbocycles. The molecule has 2 heterocycles. The van der Waals surface area contributed by atoms with Crippen LogP contribution < -0.4 is 10.6 Å². The fourth-order valence-electron chi connectivity index (χ4n) is 3.55. The molecular formula is C21H23N7O2. The van der Waals surface area contributed by atoms with E-state index in [2.05, 4.69) is 31.0 Å². The van der Waals surface area contributed by atoms with Gasteiger partial charge >= 0.3 is 0 Å². The minimum absolute atomic E-state index is 0.00765. The first-order valence-electron chi connectivity index (χ1n) is 10.1. The van der Waals surface area contributed by atoms with Gasteiger partial charge in [-0.1, -0.05) is 31.4 Å². The van der Waals surface area contributed by atoms with Crippen molar-refractivity contribution in [1.29, 1.82) is 0 Å². The van der Waals surface area contributed by atoms with Gasteiger partial charge in [-0.25, -0.2) is 0 Å². The second-order valence-corrected chi connectivity index (χ2v) is 7.29. The lowest BCUT2D eigenvalue weighted by molar-refractivity contribution is -0.123. The number of pyridine rings is 1. The largest absolute Gasteiger partial charge is 0.352 e. The number of benzene rings is 1. The van der Waals surface area contributed by atoms with Crippen LogP contribution in [0.3, 0.4) is 0 Å². The molecule has 2 amide bonds. The molecule has 30 heavy (non-hydrogen) atoms. The molecule has 0 atom stereocenters. The summed E-state index contributed by atoms with van der Waals surface area (Å²) in [6, 6.07) is 10.8. The molecule has 2 N–H and O–H groups in total. The van der Waals surface area contributed by atoms with Crippen LogP contribution in [-0.2, 0) is 11.3 Å². The first kappa shape index (κ1) is 19.7. The van der Waals surface area contributed by atoms with Crippen molar-refractivity contribution in [2.75, 3.05) is 5.32 Å². The highest BCUT2D eigenvalue weighted by atomic mass is 16.2. The van der Waals surface area contributed by atoms with Gasteiger partial charge in [0.25, 0.3) is 5.91 Å². The number of amides is 2. The van der Waals surface area contributed by atoms with Crippen molar-refractivity contribution in [3.63, 3.8) is 0 Å². The molecule has 3 aromatic rings. The maximum Gasteiger partial charge on any atom is 0.257 e. The number of anilines is 1. The lowest BCUT2D eigenvalue weighted by atomic mass is 9.95. The molecule has 9 heteroatoms. The van der Waals surface area contributed by atoms with Gasteiger partial charge in [-0.15, -0.1) is 10.2 Å². The van der Waals surface area contributed by atoms with Crippen molar-refractivity contribution in [3.8, 4) is 11.4 Å². The SMILES string of the molecule is O=C(Cn1nnc(-c2ccccc2NC(=O)c2cccnc2)n1)NC1CCCCC1. The summed E-state index contributed by atoms with van der Waals surface area (Å²) in [7, 11) is 0. The maximum atomic E-state index is 12.5. The summed E-state index contributed by atoms with van der Waals surface area (Å²) >= 11 is 0. The van der Waals surface area contributed by atoms with Crippen molar-refractivity contribution in [3.05, 3.63) is 54.4 Å². The average molecular weight is 405 g/mol. The molecular weight excluding hydrogens is 382 g/mol. The van der Waals surface area contributed by atoms with Gasteiger partial charge in [0.05, 0.1) is 11.3 Å². The van der Waals surface area contributed by atoms with E-state index in [-0.39, 0.29) is 24.4 Å². The number of rotatable bonds is 6. The highest BCUT2D eigenvalue weighted by molar-refractivity contribution is 6.05. The number of hydrogen-bond acceptors (Lipinski definition) is 6. The second-order valence-electron chi connectivity index (χ2n) is 7.29. The molecule has 0 radical (unpaired) electrons. The summed E-state index contributed by atoms with van der Waals surface area (Å²) in [5.41, 5.74) is 1.62. The lowest BCUT2D eigenvalue weighted by Gasteiger charge is -2.22. The number of carbonyl (C=O) groups excluding carboxylic acids is 2. The minimum Gasteiger partial charge on any atom is -0.352 e. The first-order valence-corrected chi connectivity index (χ1v) is 10.1. The van der Waals surface area contributed by atoms with Gasteiger partial charge in [0, 0.05) is 24.0 Å². The number of carbonyl (C=O) groups is 2. The molecule has 0 aliphatic heterocycles. The van der Waals surface area contributed by atoms with E-state index in [9.17, 15) is 9.59 Å². The lowest BCUT2D eigenvalue weighted by Crippen LogP contribution is -2.38. The van der Waals surface area contributed by atoms with E-state index in [0.29, 0.717) is 22.6 Å². The van der Waals surface area contributed by atoms with Crippen LogP contribution in [0.15, 0.2) is 48.8 Å². The van der Waals surface area contributed by atoms with E-state index in [0.717, 1.165) is 25.7 Å². The van der Waals surface area contributed by atoms with E-state index in [4.69, 9.17) is 0 Å². The Morgan fingerprint density at radius 3 is 2.70 bits per heavy atom. The Bertz CT molecular complexity index is 1010. The quantitative estimate of drug-likeness (QED) is 0.651. The maximum absolute atomic E-state index is 12.5. The van der Waals surface area contributed by atoms with Crippen LogP contribution in [0.25, 0.3) is 11.4 Å². The number of para-hydroxylation sites is 1. The topological polar surface area (TPSA) is 115 Å². The van der Waals surface area contributed by atoms with Crippen molar-refractivity contribution in [1.82, 2.24) is 30.5 Å². The summed E-state index contributed by atoms with van der Waals surface area (Å²) < 4.78 is 0.